The quantitative estimate of drug-likeness (QED) is 0.671. The van der Waals surface area contributed by atoms with Crippen molar-refractivity contribution in [2.75, 3.05) is 42.9 Å². The zero-order valence-corrected chi connectivity index (χ0v) is 18.6. The Balaban J connectivity index is 1.20. The first-order valence-electron chi connectivity index (χ1n) is 11.5. The molecule has 5 rings (SSSR count). The Hall–Kier alpha value is -2.22. The van der Waals surface area contributed by atoms with E-state index in [1.807, 2.05) is 0 Å². The van der Waals surface area contributed by atoms with Gasteiger partial charge in [-0.2, -0.15) is 13.2 Å². The van der Waals surface area contributed by atoms with Crippen LogP contribution in [0.1, 0.15) is 32.3 Å². The number of hydrogen-bond acceptors (Lipinski definition) is 4. The van der Waals surface area contributed by atoms with Crippen molar-refractivity contribution < 1.29 is 17.6 Å². The highest BCUT2D eigenvalue weighted by molar-refractivity contribution is 5.80. The van der Waals surface area contributed by atoms with Gasteiger partial charge >= 0.3 is 6.18 Å². The molecule has 4 nitrogen and oxygen atoms in total. The molecule has 0 aromatic heterocycles. The van der Waals surface area contributed by atoms with Gasteiger partial charge in [0.15, 0.2) is 0 Å². The van der Waals surface area contributed by atoms with Crippen LogP contribution in [0.25, 0.3) is 0 Å². The van der Waals surface area contributed by atoms with Gasteiger partial charge in [0.25, 0.3) is 0 Å². The molecule has 4 aliphatic rings. The van der Waals surface area contributed by atoms with Crippen LogP contribution in [0.5, 0.6) is 0 Å². The number of alkyl halides is 3. The summed E-state index contributed by atoms with van der Waals surface area (Å²) in [6.07, 6.45) is 2.44. The third-order valence-electron chi connectivity index (χ3n) is 7.55. The number of nitrogens with zero attached hydrogens (tertiary/aromatic N) is 3. The fraction of sp³-hybridized carbons (Fsp3) is 0.583. The summed E-state index contributed by atoms with van der Waals surface area (Å²) in [7, 11) is 0. The van der Waals surface area contributed by atoms with Crippen LogP contribution in [0.2, 0.25) is 0 Å². The number of halogens is 4. The van der Waals surface area contributed by atoms with Crippen LogP contribution in [0.4, 0.5) is 28.9 Å². The number of piperazine rings is 1. The van der Waals surface area contributed by atoms with Gasteiger partial charge in [0.2, 0.25) is 0 Å². The third kappa shape index (κ3) is 3.66. The summed E-state index contributed by atoms with van der Waals surface area (Å²) in [4.78, 5) is 6.98. The fourth-order valence-corrected chi connectivity index (χ4v) is 5.43. The van der Waals surface area contributed by atoms with Crippen LogP contribution < -0.4 is 10.2 Å². The number of rotatable bonds is 3. The lowest BCUT2D eigenvalue weighted by molar-refractivity contribution is -0.199. The first kappa shape index (κ1) is 21.6. The van der Waals surface area contributed by atoms with Crippen LogP contribution in [-0.2, 0) is 6.42 Å². The Bertz CT molecular complexity index is 948. The molecule has 1 aromatic rings. The molecule has 1 aliphatic carbocycles. The summed E-state index contributed by atoms with van der Waals surface area (Å²) < 4.78 is 53.8. The molecule has 0 spiro atoms. The largest absolute Gasteiger partial charge is 0.397 e. The van der Waals surface area contributed by atoms with Gasteiger partial charge in [-0.1, -0.05) is 12.2 Å². The molecule has 8 heteroatoms. The number of nitrogens with one attached hydrogen (secondary N) is 1. The molecule has 3 atom stereocenters. The molecule has 1 N–H and O–H groups in total. The number of hydrogen-bond donors (Lipinski definition) is 1. The van der Waals surface area contributed by atoms with E-state index in [2.05, 4.69) is 26.9 Å². The lowest BCUT2D eigenvalue weighted by Gasteiger charge is -2.42. The molecule has 32 heavy (non-hydrogen) atoms. The van der Waals surface area contributed by atoms with E-state index in [1.54, 1.807) is 24.3 Å². The van der Waals surface area contributed by atoms with E-state index >= 15 is 0 Å². The number of anilines is 2. The lowest BCUT2D eigenvalue weighted by Crippen LogP contribution is -2.54. The molecule has 3 aliphatic heterocycles. The molecule has 174 valence electrons. The predicted octanol–water partition coefficient (Wildman–Crippen LogP) is 4.75. The SMILES string of the molecule is CC1CCc2cc(F)cc3c2N1C(CN1CCN(C2=CCC(C)(C(F)(F)F)C=C2)CC1)N3. The summed E-state index contributed by atoms with van der Waals surface area (Å²) in [5.41, 5.74) is 2.24. The van der Waals surface area contributed by atoms with E-state index in [0.29, 0.717) is 6.04 Å². The van der Waals surface area contributed by atoms with Crippen molar-refractivity contribution >= 4 is 11.4 Å². The first-order valence-corrected chi connectivity index (χ1v) is 11.5. The first-order chi connectivity index (χ1) is 15.1. The molecular formula is C24H30F4N4. The standard InChI is InChI=1S/C24H30F4N4/c1-16-3-4-17-13-18(25)14-20-22(17)32(16)21(29-20)15-30-9-11-31(12-10-30)19-5-7-23(2,8-6-19)24(26,27)28/h5-7,13-14,16,21,29H,3-4,8-12,15H2,1-2H3. The minimum absolute atomic E-state index is 0.0153. The fourth-order valence-electron chi connectivity index (χ4n) is 5.43. The molecule has 1 saturated heterocycles. The van der Waals surface area contributed by atoms with E-state index < -0.39 is 11.6 Å². The Morgan fingerprint density at radius 3 is 2.56 bits per heavy atom. The third-order valence-corrected chi connectivity index (χ3v) is 7.55. The smallest absolute Gasteiger partial charge is 0.369 e. The van der Waals surface area contributed by atoms with Gasteiger partial charge in [0.1, 0.15) is 12.0 Å². The Morgan fingerprint density at radius 2 is 1.91 bits per heavy atom. The van der Waals surface area contributed by atoms with Gasteiger partial charge in [-0.3, -0.25) is 4.90 Å². The minimum atomic E-state index is -4.23. The maximum Gasteiger partial charge on any atom is 0.397 e. The minimum Gasteiger partial charge on any atom is -0.369 e. The monoisotopic (exact) mass is 450 g/mol. The number of allylic oxidation sites excluding steroid dienone is 3. The second-order valence-corrected chi connectivity index (χ2v) is 9.79. The van der Waals surface area contributed by atoms with Gasteiger partial charge in [-0.05, 0) is 56.9 Å². The van der Waals surface area contributed by atoms with Gasteiger partial charge < -0.3 is 15.1 Å². The van der Waals surface area contributed by atoms with Crippen LogP contribution in [-0.4, -0.2) is 60.9 Å². The van der Waals surface area contributed by atoms with Crippen molar-refractivity contribution in [3.8, 4) is 0 Å². The highest BCUT2D eigenvalue weighted by Gasteiger charge is 2.49. The molecule has 3 heterocycles. The predicted molar refractivity (Wildman–Crippen MR) is 118 cm³/mol. The van der Waals surface area contributed by atoms with Crippen LogP contribution in [0.3, 0.4) is 0 Å². The molecule has 1 aromatic carbocycles. The van der Waals surface area contributed by atoms with Crippen molar-refractivity contribution in [3.63, 3.8) is 0 Å². The van der Waals surface area contributed by atoms with Crippen molar-refractivity contribution in [1.29, 1.82) is 0 Å². The molecule has 0 amide bonds. The number of benzene rings is 1. The van der Waals surface area contributed by atoms with E-state index in [0.717, 1.165) is 68.2 Å². The Labute approximate surface area is 186 Å². The van der Waals surface area contributed by atoms with Gasteiger partial charge in [-0.15, -0.1) is 0 Å². The number of aryl methyl sites for hydroxylation is 1. The Kier molecular flexibility index (Phi) is 5.19. The molecule has 3 unspecified atom stereocenters. The summed E-state index contributed by atoms with van der Waals surface area (Å²) in [5.74, 6) is -0.189. The maximum atomic E-state index is 14.0. The average molecular weight is 451 g/mol. The van der Waals surface area contributed by atoms with E-state index in [4.69, 9.17) is 0 Å². The molecule has 0 bridgehead atoms. The van der Waals surface area contributed by atoms with Crippen LogP contribution in [0, 0.1) is 11.2 Å². The second-order valence-electron chi connectivity index (χ2n) is 9.79. The zero-order chi connectivity index (χ0) is 22.7. The summed E-state index contributed by atoms with van der Waals surface area (Å²) in [6, 6.07) is 3.65. The Morgan fingerprint density at radius 1 is 1.16 bits per heavy atom. The molecule has 1 fully saturated rings. The van der Waals surface area contributed by atoms with Gasteiger partial charge in [0, 0.05) is 44.5 Å². The van der Waals surface area contributed by atoms with Crippen LogP contribution in [0.15, 0.2) is 36.1 Å². The van der Waals surface area contributed by atoms with E-state index in [1.165, 1.54) is 13.0 Å². The highest BCUT2D eigenvalue weighted by Crippen LogP contribution is 2.45. The van der Waals surface area contributed by atoms with Crippen molar-refractivity contribution in [3.05, 3.63) is 47.4 Å². The van der Waals surface area contributed by atoms with Gasteiger partial charge in [-0.25, -0.2) is 4.39 Å². The normalized spacial score (nSPS) is 30.2. The molecule has 0 saturated carbocycles. The van der Waals surface area contributed by atoms with Gasteiger partial charge in [0.05, 0.1) is 16.8 Å². The summed E-state index contributed by atoms with van der Waals surface area (Å²) in [5, 5.41) is 3.53. The molecular weight excluding hydrogens is 420 g/mol. The highest BCUT2D eigenvalue weighted by atomic mass is 19.4. The van der Waals surface area contributed by atoms with E-state index in [-0.39, 0.29) is 18.4 Å². The van der Waals surface area contributed by atoms with Crippen molar-refractivity contribution in [1.82, 2.24) is 9.80 Å². The average Bonchev–Trinajstić information content (AvgIpc) is 3.10. The lowest BCUT2D eigenvalue weighted by atomic mass is 9.82. The van der Waals surface area contributed by atoms with Crippen molar-refractivity contribution in [2.45, 2.75) is 51.5 Å². The maximum absolute atomic E-state index is 14.0. The topological polar surface area (TPSA) is 21.8 Å². The van der Waals surface area contributed by atoms with Crippen LogP contribution >= 0.6 is 0 Å². The summed E-state index contributed by atoms with van der Waals surface area (Å²) >= 11 is 0. The second kappa shape index (κ2) is 7.68. The van der Waals surface area contributed by atoms with E-state index in [9.17, 15) is 17.6 Å². The molecule has 0 radical (unpaired) electrons. The summed E-state index contributed by atoms with van der Waals surface area (Å²) in [6.45, 7) is 7.57. The zero-order valence-electron chi connectivity index (χ0n) is 18.6. The van der Waals surface area contributed by atoms with Crippen molar-refractivity contribution in [2.24, 2.45) is 5.41 Å².